The molecular formula is C24H24F6N6O2OsP+3. The van der Waals surface area contributed by atoms with Crippen molar-refractivity contribution in [3.05, 3.63) is 66.5 Å². The summed E-state index contributed by atoms with van der Waals surface area (Å²) in [5.41, 5.74) is 3.03. The molecule has 0 bridgehead atoms. The van der Waals surface area contributed by atoms with Crippen LogP contribution >= 0.6 is 7.81 Å². The monoisotopic (exact) mass is 765 g/mol. The van der Waals surface area contributed by atoms with Gasteiger partial charge in [0.05, 0.1) is 53.2 Å². The Labute approximate surface area is 240 Å². The quantitative estimate of drug-likeness (QED) is 0.147. The molecule has 0 N–H and O–H groups in total. The molecule has 0 aliphatic carbocycles. The van der Waals surface area contributed by atoms with E-state index >= 15 is 0 Å². The van der Waals surface area contributed by atoms with E-state index in [0.717, 1.165) is 0 Å². The van der Waals surface area contributed by atoms with Gasteiger partial charge in [-0.05, 0) is 43.3 Å². The number of carbonyl (C=O) groups is 1. The molecule has 16 heteroatoms. The molecule has 0 saturated heterocycles. The summed E-state index contributed by atoms with van der Waals surface area (Å²) in [7, 11) is -10.7. The van der Waals surface area contributed by atoms with E-state index in [4.69, 9.17) is 20.5 Å². The Hall–Kier alpha value is -3.96. The van der Waals surface area contributed by atoms with Gasteiger partial charge < -0.3 is 4.74 Å². The average Bonchev–Trinajstić information content (AvgIpc) is 2.85. The standard InChI is InChI=1S/C18H15N3O2.3C2H3N.F6P.Os/c1-2-23-18(22)13-11-16(14-7-3-5-9-19-14)21-17(12-13)15-8-4-6-10-20-15;3*1-2-3;1-7(2,3,4,5)6;/h3-12H,2H2,1H3;3*1H3;;/q;;;;-1;+4. The van der Waals surface area contributed by atoms with Crippen LogP contribution in [0.2, 0.25) is 0 Å². The predicted octanol–water partition coefficient (Wildman–Crippen LogP) is 8.35. The maximum atomic E-state index is 12.1. The van der Waals surface area contributed by atoms with Gasteiger partial charge in [-0.3, -0.25) is 9.97 Å². The van der Waals surface area contributed by atoms with Gasteiger partial charge >= 0.3 is 58.7 Å². The maximum absolute atomic E-state index is 12.1. The summed E-state index contributed by atoms with van der Waals surface area (Å²) in [4.78, 5) is 25.3. The fraction of sp³-hybridized carbons (Fsp3) is 0.208. The zero-order valence-electron chi connectivity index (χ0n) is 21.5. The maximum Gasteiger partial charge on any atom is 4.00 e. The zero-order chi connectivity index (χ0) is 30.6. The van der Waals surface area contributed by atoms with Crippen molar-refractivity contribution >= 4 is 13.8 Å². The van der Waals surface area contributed by atoms with Crippen LogP contribution in [0.5, 0.6) is 0 Å². The van der Waals surface area contributed by atoms with Gasteiger partial charge in [0.1, 0.15) is 0 Å². The number of pyridine rings is 3. The number of hydrogen-bond donors (Lipinski definition) is 0. The van der Waals surface area contributed by atoms with Gasteiger partial charge in [-0.25, -0.2) is 9.78 Å². The van der Waals surface area contributed by atoms with E-state index in [0.29, 0.717) is 34.9 Å². The smallest absolute Gasteiger partial charge is 4.00 e. The summed E-state index contributed by atoms with van der Waals surface area (Å²) < 4.78 is 64.3. The summed E-state index contributed by atoms with van der Waals surface area (Å²) in [6.45, 7) is 6.39. The second-order valence-electron chi connectivity index (χ2n) is 6.41. The predicted molar refractivity (Wildman–Crippen MR) is 134 cm³/mol. The fourth-order valence-electron chi connectivity index (χ4n) is 2.15. The van der Waals surface area contributed by atoms with Gasteiger partial charge in [0.25, 0.3) is 0 Å². The molecule has 0 aromatic carbocycles. The fourth-order valence-corrected chi connectivity index (χ4v) is 2.15. The molecule has 0 atom stereocenters. The van der Waals surface area contributed by atoms with Crippen LogP contribution in [0, 0.1) is 34.0 Å². The molecular weight excluding hydrogens is 739 g/mol. The van der Waals surface area contributed by atoms with Crippen LogP contribution in [-0.4, -0.2) is 27.5 Å². The summed E-state index contributed by atoms with van der Waals surface area (Å²) in [6, 6.07) is 19.7. The van der Waals surface area contributed by atoms with Gasteiger partial charge in [-0.15, -0.1) is 0 Å². The largest absolute Gasteiger partial charge is 4.00 e. The van der Waals surface area contributed by atoms with E-state index in [-0.39, 0.29) is 25.8 Å². The number of hydrogen-bond acceptors (Lipinski definition) is 8. The summed E-state index contributed by atoms with van der Waals surface area (Å²) >= 11 is 0. The SMILES string of the molecule is CC#N.CC#N.CC#N.CCOC(=O)c1cc(-c2ccccn2)nc(-c2ccccn2)c1.F[P-](F)(F)(F)(F)F.[Os+4]. The first-order valence-corrected chi connectivity index (χ1v) is 12.5. The second kappa shape index (κ2) is 18.3. The Morgan fingerprint density at radius 3 is 1.35 bits per heavy atom. The number of nitriles is 3. The third-order valence-electron chi connectivity index (χ3n) is 3.19. The molecule has 8 nitrogen and oxygen atoms in total. The van der Waals surface area contributed by atoms with Gasteiger partial charge in [0.2, 0.25) is 0 Å². The Kier molecular flexibility index (Phi) is 18.6. The topological polar surface area (TPSA) is 136 Å². The van der Waals surface area contributed by atoms with E-state index in [1.165, 1.54) is 20.8 Å². The Balaban J connectivity index is -0.000000671. The first-order valence-electron chi connectivity index (χ1n) is 10.5. The van der Waals surface area contributed by atoms with Crippen LogP contribution in [0.3, 0.4) is 0 Å². The third kappa shape index (κ3) is 24.4. The molecule has 0 radical (unpaired) electrons. The number of halogens is 6. The van der Waals surface area contributed by atoms with Crippen molar-refractivity contribution in [3.63, 3.8) is 0 Å². The van der Waals surface area contributed by atoms with Crippen molar-refractivity contribution in [3.8, 4) is 41.0 Å². The van der Waals surface area contributed by atoms with Gasteiger partial charge in [-0.2, -0.15) is 15.8 Å². The van der Waals surface area contributed by atoms with Gasteiger partial charge in [0, 0.05) is 33.2 Å². The van der Waals surface area contributed by atoms with Crippen molar-refractivity contribution in [2.24, 2.45) is 0 Å². The molecule has 0 aliphatic rings. The minimum Gasteiger partial charge on any atom is 4.00 e. The van der Waals surface area contributed by atoms with Crippen molar-refractivity contribution in [2.75, 3.05) is 6.61 Å². The molecule has 0 fully saturated rings. The first kappa shape index (κ1) is 40.5. The van der Waals surface area contributed by atoms with Crippen LogP contribution in [0.1, 0.15) is 38.1 Å². The molecule has 40 heavy (non-hydrogen) atoms. The molecule has 3 rings (SSSR count). The van der Waals surface area contributed by atoms with Gasteiger partial charge in [-0.1, -0.05) is 12.1 Å². The van der Waals surface area contributed by atoms with E-state index < -0.39 is 7.81 Å². The van der Waals surface area contributed by atoms with Gasteiger partial charge in [0.15, 0.2) is 0 Å². The van der Waals surface area contributed by atoms with Crippen LogP contribution in [0.4, 0.5) is 25.2 Å². The molecule has 0 aliphatic heterocycles. The molecule has 3 aromatic heterocycles. The zero-order valence-corrected chi connectivity index (χ0v) is 25.0. The minimum absolute atomic E-state index is 0. The first-order chi connectivity index (χ1) is 18.0. The molecule has 0 unspecified atom stereocenters. The summed E-state index contributed by atoms with van der Waals surface area (Å²) in [5, 5.41) is 22.0. The van der Waals surface area contributed by atoms with Crippen molar-refractivity contribution < 1.29 is 54.5 Å². The number of aromatic nitrogens is 3. The van der Waals surface area contributed by atoms with E-state index in [1.54, 1.807) is 49.7 Å². The van der Waals surface area contributed by atoms with Crippen LogP contribution < -0.4 is 0 Å². The summed E-state index contributed by atoms with van der Waals surface area (Å²) in [5.74, 6) is -0.385. The van der Waals surface area contributed by atoms with Crippen molar-refractivity contribution in [1.29, 1.82) is 15.8 Å². The number of carbonyl (C=O) groups excluding carboxylic acids is 1. The summed E-state index contributed by atoms with van der Waals surface area (Å²) in [6.07, 6.45) is 3.38. The Morgan fingerprint density at radius 1 is 0.775 bits per heavy atom. The second-order valence-corrected chi connectivity index (χ2v) is 8.32. The normalized spacial score (nSPS) is 10.6. The number of ether oxygens (including phenoxy) is 1. The van der Waals surface area contributed by atoms with Crippen LogP contribution in [-0.2, 0) is 24.5 Å². The number of nitrogens with zero attached hydrogens (tertiary/aromatic N) is 6. The minimum atomic E-state index is -10.7. The third-order valence-corrected chi connectivity index (χ3v) is 3.19. The van der Waals surface area contributed by atoms with E-state index in [1.807, 2.05) is 36.4 Å². The number of rotatable bonds is 4. The van der Waals surface area contributed by atoms with Crippen LogP contribution in [0.15, 0.2) is 60.9 Å². The molecule has 0 amide bonds. The number of esters is 1. The molecule has 3 heterocycles. The molecule has 0 saturated carbocycles. The van der Waals surface area contributed by atoms with Crippen molar-refractivity contribution in [2.45, 2.75) is 27.7 Å². The molecule has 214 valence electrons. The van der Waals surface area contributed by atoms with Crippen LogP contribution in [0.25, 0.3) is 22.8 Å². The Morgan fingerprint density at radius 2 is 1.10 bits per heavy atom. The van der Waals surface area contributed by atoms with E-state index in [9.17, 15) is 30.0 Å². The average molecular weight is 764 g/mol. The molecule has 0 spiro atoms. The van der Waals surface area contributed by atoms with E-state index in [2.05, 4.69) is 15.0 Å². The van der Waals surface area contributed by atoms with Crippen molar-refractivity contribution in [1.82, 2.24) is 15.0 Å². The molecule has 3 aromatic rings. The Bertz CT molecular complexity index is 1200.